The van der Waals surface area contributed by atoms with E-state index in [0.717, 1.165) is 36.7 Å². The standard InChI is InChI=1S/C20H29ClF3N5O3S/c21-15-10-26-18(27-11-15)28-5-1-14(2-6-28)17-9-19(17,25)3-7-32-16-12-29(13-16)33(30,31)8-4-20(22,23)24/h10-11,14,16-17H,1-9,12-13,25H2/t17-,19+/m1/s1. The number of alkyl halides is 3. The van der Waals surface area contributed by atoms with Gasteiger partial charge in [-0.3, -0.25) is 0 Å². The predicted octanol–water partition coefficient (Wildman–Crippen LogP) is 2.44. The molecule has 0 bridgehead atoms. The molecule has 3 heterocycles. The maximum absolute atomic E-state index is 12.3. The fourth-order valence-electron chi connectivity index (χ4n) is 4.77. The van der Waals surface area contributed by atoms with Crippen molar-refractivity contribution in [2.75, 3.05) is 43.4 Å². The van der Waals surface area contributed by atoms with Crippen LogP contribution in [0.25, 0.3) is 0 Å². The maximum atomic E-state index is 12.3. The Morgan fingerprint density at radius 2 is 1.85 bits per heavy atom. The van der Waals surface area contributed by atoms with Gasteiger partial charge in [0.25, 0.3) is 0 Å². The highest BCUT2D eigenvalue weighted by molar-refractivity contribution is 7.89. The average molecular weight is 512 g/mol. The summed E-state index contributed by atoms with van der Waals surface area (Å²) in [4.78, 5) is 10.7. The number of halogens is 4. The van der Waals surface area contributed by atoms with Gasteiger partial charge in [-0.15, -0.1) is 0 Å². The molecule has 0 spiro atoms. The van der Waals surface area contributed by atoms with Crippen LogP contribution in [0, 0.1) is 11.8 Å². The molecule has 1 aromatic rings. The van der Waals surface area contributed by atoms with Crippen LogP contribution >= 0.6 is 11.6 Å². The van der Waals surface area contributed by atoms with E-state index in [9.17, 15) is 21.6 Å². The number of rotatable bonds is 9. The minimum Gasteiger partial charge on any atom is -0.375 e. The number of piperidine rings is 1. The Labute approximate surface area is 196 Å². The van der Waals surface area contributed by atoms with Crippen molar-refractivity contribution in [3.8, 4) is 0 Å². The number of aromatic nitrogens is 2. The summed E-state index contributed by atoms with van der Waals surface area (Å²) in [5.41, 5.74) is 6.30. The molecule has 3 fully saturated rings. The number of nitrogens with zero attached hydrogens (tertiary/aromatic N) is 4. The molecule has 186 valence electrons. The number of anilines is 1. The van der Waals surface area contributed by atoms with Crippen LogP contribution in [0.15, 0.2) is 12.4 Å². The van der Waals surface area contributed by atoms with E-state index in [1.165, 1.54) is 0 Å². The van der Waals surface area contributed by atoms with Gasteiger partial charge in [0.2, 0.25) is 16.0 Å². The van der Waals surface area contributed by atoms with E-state index >= 15 is 0 Å². The van der Waals surface area contributed by atoms with Gasteiger partial charge in [-0.05, 0) is 37.5 Å². The zero-order valence-corrected chi connectivity index (χ0v) is 19.7. The lowest BCUT2D eigenvalue weighted by Gasteiger charge is -2.38. The Hall–Kier alpha value is -1.21. The van der Waals surface area contributed by atoms with Crippen LogP contribution in [0.4, 0.5) is 19.1 Å². The summed E-state index contributed by atoms with van der Waals surface area (Å²) in [7, 11) is -3.89. The maximum Gasteiger partial charge on any atom is 0.390 e. The highest BCUT2D eigenvalue weighted by Crippen LogP contribution is 2.51. The van der Waals surface area contributed by atoms with Crippen molar-refractivity contribution in [2.45, 2.75) is 49.9 Å². The number of hydrogen-bond acceptors (Lipinski definition) is 7. The van der Waals surface area contributed by atoms with Crippen molar-refractivity contribution in [1.82, 2.24) is 14.3 Å². The first-order valence-electron chi connectivity index (χ1n) is 11.1. The third kappa shape index (κ3) is 6.27. The number of ether oxygens (including phenoxy) is 1. The van der Waals surface area contributed by atoms with Gasteiger partial charge < -0.3 is 15.4 Å². The second kappa shape index (κ2) is 9.44. The van der Waals surface area contributed by atoms with Gasteiger partial charge in [-0.2, -0.15) is 17.5 Å². The Kier molecular flexibility index (Phi) is 7.13. The molecule has 2 aliphatic heterocycles. The number of hydrogen-bond donors (Lipinski definition) is 1. The molecule has 1 saturated carbocycles. The van der Waals surface area contributed by atoms with Crippen LogP contribution in [0.1, 0.15) is 32.1 Å². The summed E-state index contributed by atoms with van der Waals surface area (Å²) >= 11 is 5.85. The molecule has 4 rings (SSSR count). The normalized spacial score (nSPS) is 27.5. The molecule has 33 heavy (non-hydrogen) atoms. The van der Waals surface area contributed by atoms with Crippen LogP contribution in [0.2, 0.25) is 5.02 Å². The summed E-state index contributed by atoms with van der Waals surface area (Å²) in [6.45, 7) is 2.37. The van der Waals surface area contributed by atoms with Crippen molar-refractivity contribution < 1.29 is 26.3 Å². The van der Waals surface area contributed by atoms with E-state index < -0.39 is 28.4 Å². The van der Waals surface area contributed by atoms with Crippen molar-refractivity contribution in [3.05, 3.63) is 17.4 Å². The van der Waals surface area contributed by atoms with Crippen molar-refractivity contribution >= 4 is 27.6 Å². The second-order valence-electron chi connectivity index (χ2n) is 9.31. The summed E-state index contributed by atoms with van der Waals surface area (Å²) in [6, 6.07) is 0. The van der Waals surface area contributed by atoms with Crippen molar-refractivity contribution in [3.63, 3.8) is 0 Å². The highest BCUT2D eigenvalue weighted by atomic mass is 35.5. The van der Waals surface area contributed by atoms with Gasteiger partial charge in [0.1, 0.15) is 0 Å². The van der Waals surface area contributed by atoms with E-state index in [1.54, 1.807) is 12.4 Å². The van der Waals surface area contributed by atoms with E-state index in [4.69, 9.17) is 22.1 Å². The van der Waals surface area contributed by atoms with Gasteiger partial charge in [0.05, 0.1) is 35.7 Å². The monoisotopic (exact) mass is 511 g/mol. The largest absolute Gasteiger partial charge is 0.390 e. The molecule has 0 amide bonds. The summed E-state index contributed by atoms with van der Waals surface area (Å²) < 4.78 is 67.5. The summed E-state index contributed by atoms with van der Waals surface area (Å²) in [5, 5.41) is 0.513. The molecule has 0 radical (unpaired) electrons. The van der Waals surface area contributed by atoms with E-state index in [0.29, 0.717) is 35.8 Å². The van der Waals surface area contributed by atoms with Gasteiger partial charge >= 0.3 is 6.18 Å². The summed E-state index contributed by atoms with van der Waals surface area (Å²) in [5.74, 6) is 0.752. The third-order valence-electron chi connectivity index (χ3n) is 6.95. The van der Waals surface area contributed by atoms with Crippen LogP contribution in [0.3, 0.4) is 0 Å². The van der Waals surface area contributed by atoms with Gasteiger partial charge in [0, 0.05) is 38.3 Å². The topological polar surface area (TPSA) is 102 Å². The van der Waals surface area contributed by atoms with Crippen LogP contribution < -0.4 is 10.6 Å². The molecule has 13 heteroatoms. The zero-order chi connectivity index (χ0) is 23.9. The molecule has 2 atom stereocenters. The van der Waals surface area contributed by atoms with E-state index in [2.05, 4.69) is 14.9 Å². The second-order valence-corrected chi connectivity index (χ2v) is 11.8. The van der Waals surface area contributed by atoms with Crippen LogP contribution in [-0.4, -0.2) is 79.0 Å². The highest BCUT2D eigenvalue weighted by Gasteiger charge is 2.54. The molecular weight excluding hydrogens is 483 g/mol. The molecule has 0 unspecified atom stereocenters. The average Bonchev–Trinajstić information content (AvgIpc) is 3.40. The van der Waals surface area contributed by atoms with E-state index in [-0.39, 0.29) is 24.7 Å². The number of nitrogens with two attached hydrogens (primary N) is 1. The summed E-state index contributed by atoms with van der Waals surface area (Å²) in [6.07, 6.45) is 0.769. The van der Waals surface area contributed by atoms with Crippen molar-refractivity contribution in [1.29, 1.82) is 0 Å². The molecule has 1 aromatic heterocycles. The molecule has 3 aliphatic rings. The van der Waals surface area contributed by atoms with Crippen LogP contribution in [0.5, 0.6) is 0 Å². The van der Waals surface area contributed by atoms with Gasteiger partial charge in [-0.25, -0.2) is 18.4 Å². The first kappa shape index (κ1) is 24.9. The first-order chi connectivity index (χ1) is 15.5. The first-order valence-corrected chi connectivity index (χ1v) is 13.1. The fraction of sp³-hybridized carbons (Fsp3) is 0.800. The Morgan fingerprint density at radius 1 is 1.21 bits per heavy atom. The Bertz CT molecular complexity index is 922. The lowest BCUT2D eigenvalue weighted by atomic mass is 9.89. The lowest BCUT2D eigenvalue weighted by molar-refractivity contribution is -0.130. The Morgan fingerprint density at radius 3 is 2.45 bits per heavy atom. The Balaban J connectivity index is 1.13. The van der Waals surface area contributed by atoms with Gasteiger partial charge in [0.15, 0.2) is 0 Å². The quantitative estimate of drug-likeness (QED) is 0.543. The van der Waals surface area contributed by atoms with Crippen molar-refractivity contribution in [2.24, 2.45) is 17.6 Å². The predicted molar refractivity (Wildman–Crippen MR) is 117 cm³/mol. The molecular formula is C20H29ClF3N5O3S. The van der Waals surface area contributed by atoms with E-state index in [1.807, 2.05) is 0 Å². The van der Waals surface area contributed by atoms with Gasteiger partial charge in [-0.1, -0.05) is 11.6 Å². The fourth-order valence-corrected chi connectivity index (χ4v) is 6.40. The molecule has 1 aliphatic carbocycles. The number of sulfonamides is 1. The third-order valence-corrected chi connectivity index (χ3v) is 8.95. The minimum absolute atomic E-state index is 0.104. The smallest absolute Gasteiger partial charge is 0.375 e. The molecule has 8 nitrogen and oxygen atoms in total. The molecule has 2 N–H and O–H groups in total. The SMILES string of the molecule is N[C@@]1(CCOC2CN(S(=O)(=O)CCC(F)(F)F)C2)C[C@@H]1C1CCN(c2ncc(Cl)cn2)CC1. The zero-order valence-electron chi connectivity index (χ0n) is 18.2. The minimum atomic E-state index is -4.48. The molecule has 2 saturated heterocycles. The lowest BCUT2D eigenvalue weighted by Crippen LogP contribution is -2.55. The molecule has 0 aromatic carbocycles. The van der Waals surface area contributed by atoms with Crippen LogP contribution in [-0.2, 0) is 14.8 Å².